The molecular formula is C18H21NO. The van der Waals surface area contributed by atoms with Gasteiger partial charge in [0, 0.05) is 17.8 Å². The molecule has 4 rings (SSSR count). The van der Waals surface area contributed by atoms with Crippen LogP contribution in [-0.2, 0) is 0 Å². The molecule has 0 radical (unpaired) electrons. The molecule has 0 unspecified atom stereocenters. The molecule has 104 valence electrons. The van der Waals surface area contributed by atoms with Crippen LogP contribution in [0.2, 0.25) is 0 Å². The molecule has 20 heavy (non-hydrogen) atoms. The Morgan fingerprint density at radius 2 is 1.80 bits per heavy atom. The van der Waals surface area contributed by atoms with E-state index in [0.29, 0.717) is 12.0 Å². The van der Waals surface area contributed by atoms with Crippen molar-refractivity contribution in [2.75, 3.05) is 13.1 Å². The van der Waals surface area contributed by atoms with Crippen LogP contribution in [0.5, 0.6) is 5.75 Å². The molecule has 0 spiro atoms. The van der Waals surface area contributed by atoms with Crippen molar-refractivity contribution in [2.24, 2.45) is 11.8 Å². The minimum absolute atomic E-state index is 0.399. The largest absolute Gasteiger partial charge is 0.489 e. The summed E-state index contributed by atoms with van der Waals surface area (Å²) in [6, 6.07) is 14.9. The van der Waals surface area contributed by atoms with Crippen LogP contribution < -0.4 is 10.1 Å². The van der Waals surface area contributed by atoms with Gasteiger partial charge in [-0.2, -0.15) is 0 Å². The zero-order valence-corrected chi connectivity index (χ0v) is 11.7. The van der Waals surface area contributed by atoms with Gasteiger partial charge in [-0.05, 0) is 43.2 Å². The van der Waals surface area contributed by atoms with Crippen molar-refractivity contribution < 1.29 is 4.74 Å². The number of rotatable bonds is 4. The van der Waals surface area contributed by atoms with Gasteiger partial charge in [0.2, 0.25) is 0 Å². The third-order valence-electron chi connectivity index (χ3n) is 4.66. The first-order chi connectivity index (χ1) is 9.92. The highest BCUT2D eigenvalue weighted by molar-refractivity contribution is 5.88. The van der Waals surface area contributed by atoms with Crippen LogP contribution in [0.4, 0.5) is 0 Å². The first-order valence-corrected chi connectivity index (χ1v) is 7.77. The van der Waals surface area contributed by atoms with E-state index in [1.165, 1.54) is 30.0 Å². The average molecular weight is 267 g/mol. The van der Waals surface area contributed by atoms with Gasteiger partial charge in [-0.1, -0.05) is 36.4 Å². The minimum atomic E-state index is 0.399. The van der Waals surface area contributed by atoms with Crippen LogP contribution in [0, 0.1) is 11.8 Å². The number of nitrogens with one attached hydrogen (secondary N) is 1. The molecule has 2 atom stereocenters. The zero-order chi connectivity index (χ0) is 13.4. The topological polar surface area (TPSA) is 21.3 Å². The maximum Gasteiger partial charge on any atom is 0.127 e. The van der Waals surface area contributed by atoms with Crippen LogP contribution in [0.3, 0.4) is 0 Å². The van der Waals surface area contributed by atoms with Gasteiger partial charge < -0.3 is 10.1 Å². The van der Waals surface area contributed by atoms with Gasteiger partial charge in [-0.25, -0.2) is 0 Å². The molecule has 1 saturated heterocycles. The fraction of sp³-hybridized carbons (Fsp3) is 0.444. The minimum Gasteiger partial charge on any atom is -0.489 e. The van der Waals surface area contributed by atoms with Crippen molar-refractivity contribution in [3.8, 4) is 5.75 Å². The lowest BCUT2D eigenvalue weighted by molar-refractivity contribution is 0.123. The van der Waals surface area contributed by atoms with Crippen molar-refractivity contribution in [1.82, 2.24) is 5.32 Å². The van der Waals surface area contributed by atoms with Crippen LogP contribution in [0.1, 0.15) is 19.3 Å². The molecule has 0 aromatic heterocycles. The van der Waals surface area contributed by atoms with E-state index >= 15 is 0 Å². The fourth-order valence-corrected chi connectivity index (χ4v) is 3.40. The van der Waals surface area contributed by atoms with Crippen molar-refractivity contribution >= 4 is 10.8 Å². The smallest absolute Gasteiger partial charge is 0.127 e. The van der Waals surface area contributed by atoms with Crippen LogP contribution >= 0.6 is 0 Å². The molecule has 2 aromatic rings. The third kappa shape index (κ3) is 2.29. The lowest BCUT2D eigenvalue weighted by Crippen LogP contribution is -2.30. The summed E-state index contributed by atoms with van der Waals surface area (Å²) in [5, 5.41) is 5.99. The lowest BCUT2D eigenvalue weighted by atomic mass is 9.97. The average Bonchev–Trinajstić information content (AvgIpc) is 3.19. The normalized spacial score (nSPS) is 23.9. The summed E-state index contributed by atoms with van der Waals surface area (Å²) < 4.78 is 6.50. The predicted molar refractivity (Wildman–Crippen MR) is 82.1 cm³/mol. The van der Waals surface area contributed by atoms with Crippen LogP contribution in [-0.4, -0.2) is 19.2 Å². The lowest BCUT2D eigenvalue weighted by Gasteiger charge is -2.25. The Hall–Kier alpha value is -1.54. The summed E-state index contributed by atoms with van der Waals surface area (Å²) in [4.78, 5) is 0. The molecule has 0 amide bonds. The Balaban J connectivity index is 1.64. The van der Waals surface area contributed by atoms with E-state index in [2.05, 4.69) is 47.8 Å². The molecule has 1 aliphatic heterocycles. The monoisotopic (exact) mass is 267 g/mol. The standard InChI is InChI=1S/C18H21NO/c1-2-6-16-13(4-1)5-3-7-17(16)20-18(14-8-9-14)15-10-11-19-12-15/h1-7,14-15,18-19H,8-12H2/t15-,18-/m0/s1. The van der Waals surface area contributed by atoms with Gasteiger partial charge in [0.15, 0.2) is 0 Å². The first-order valence-electron chi connectivity index (χ1n) is 7.77. The quantitative estimate of drug-likeness (QED) is 0.913. The summed E-state index contributed by atoms with van der Waals surface area (Å²) in [7, 11) is 0. The van der Waals surface area contributed by atoms with E-state index < -0.39 is 0 Å². The Labute approximate surface area is 120 Å². The van der Waals surface area contributed by atoms with Crippen LogP contribution in [0.15, 0.2) is 42.5 Å². The number of hydrogen-bond donors (Lipinski definition) is 1. The van der Waals surface area contributed by atoms with E-state index in [4.69, 9.17) is 4.74 Å². The molecule has 2 heteroatoms. The maximum atomic E-state index is 6.50. The van der Waals surface area contributed by atoms with Gasteiger partial charge in [0.05, 0.1) is 0 Å². The van der Waals surface area contributed by atoms with Gasteiger partial charge >= 0.3 is 0 Å². The van der Waals surface area contributed by atoms with E-state index in [1.54, 1.807) is 0 Å². The SMILES string of the molecule is c1ccc2c(O[C@@H](C3CC3)[C@H]3CCNC3)cccc2c1. The predicted octanol–water partition coefficient (Wildman–Crippen LogP) is 3.61. The number of hydrogen-bond acceptors (Lipinski definition) is 2. The molecule has 2 aromatic carbocycles. The zero-order valence-electron chi connectivity index (χ0n) is 11.7. The third-order valence-corrected chi connectivity index (χ3v) is 4.66. The van der Waals surface area contributed by atoms with Gasteiger partial charge in [-0.15, -0.1) is 0 Å². The highest BCUT2D eigenvalue weighted by Gasteiger charge is 2.39. The second-order valence-corrected chi connectivity index (χ2v) is 6.15. The van der Waals surface area contributed by atoms with Gasteiger partial charge in [0.25, 0.3) is 0 Å². The molecule has 0 bridgehead atoms. The molecular weight excluding hydrogens is 246 g/mol. The highest BCUT2D eigenvalue weighted by atomic mass is 16.5. The Morgan fingerprint density at radius 3 is 2.60 bits per heavy atom. The summed E-state index contributed by atoms with van der Waals surface area (Å²) >= 11 is 0. The fourth-order valence-electron chi connectivity index (χ4n) is 3.40. The second-order valence-electron chi connectivity index (χ2n) is 6.15. The van der Waals surface area contributed by atoms with Crippen LogP contribution in [0.25, 0.3) is 10.8 Å². The summed E-state index contributed by atoms with van der Waals surface area (Å²) in [5.41, 5.74) is 0. The van der Waals surface area contributed by atoms with Gasteiger partial charge in [0.1, 0.15) is 11.9 Å². The molecule has 2 aliphatic rings. The molecule has 2 fully saturated rings. The molecule has 1 heterocycles. The second kappa shape index (κ2) is 5.10. The van der Waals surface area contributed by atoms with Crippen molar-refractivity contribution in [3.63, 3.8) is 0 Å². The highest BCUT2D eigenvalue weighted by Crippen LogP contribution is 2.40. The Morgan fingerprint density at radius 1 is 0.950 bits per heavy atom. The van der Waals surface area contributed by atoms with E-state index in [0.717, 1.165) is 24.8 Å². The summed E-state index contributed by atoms with van der Waals surface area (Å²) in [6.45, 7) is 2.26. The van der Waals surface area contributed by atoms with Gasteiger partial charge in [-0.3, -0.25) is 0 Å². The number of ether oxygens (including phenoxy) is 1. The number of benzene rings is 2. The van der Waals surface area contributed by atoms with E-state index in [9.17, 15) is 0 Å². The maximum absolute atomic E-state index is 6.50. The van der Waals surface area contributed by atoms with E-state index in [1.807, 2.05) is 0 Å². The number of fused-ring (bicyclic) bond motifs is 1. The van der Waals surface area contributed by atoms with Crippen molar-refractivity contribution in [1.29, 1.82) is 0 Å². The Bertz CT molecular complexity index is 594. The Kier molecular flexibility index (Phi) is 3.12. The van der Waals surface area contributed by atoms with E-state index in [-0.39, 0.29) is 0 Å². The molecule has 1 aliphatic carbocycles. The summed E-state index contributed by atoms with van der Waals surface area (Å²) in [6.07, 6.45) is 4.33. The molecule has 1 N–H and O–H groups in total. The van der Waals surface area contributed by atoms with Crippen molar-refractivity contribution in [3.05, 3.63) is 42.5 Å². The first kappa shape index (κ1) is 12.2. The molecule has 2 nitrogen and oxygen atoms in total. The van der Waals surface area contributed by atoms with Crippen molar-refractivity contribution in [2.45, 2.75) is 25.4 Å². The summed E-state index contributed by atoms with van der Waals surface area (Å²) in [5.74, 6) is 2.52. The molecule has 1 saturated carbocycles.